The second-order valence-corrected chi connectivity index (χ2v) is 9.90. The van der Waals surface area contributed by atoms with Crippen LogP contribution in [0.4, 0.5) is 11.5 Å². The maximum atomic E-state index is 13.0. The van der Waals surface area contributed by atoms with Gasteiger partial charge in [0.15, 0.2) is 0 Å². The molecule has 10 heteroatoms. The lowest BCUT2D eigenvalue weighted by atomic mass is 9.98. The number of carbonyl (C=O) groups excluding carboxylic acids is 1. The molecule has 0 radical (unpaired) electrons. The summed E-state index contributed by atoms with van der Waals surface area (Å²) in [6.07, 6.45) is 2.64. The predicted molar refractivity (Wildman–Crippen MR) is 124 cm³/mol. The van der Waals surface area contributed by atoms with E-state index in [4.69, 9.17) is 4.74 Å². The van der Waals surface area contributed by atoms with Crippen LogP contribution in [0.3, 0.4) is 0 Å². The van der Waals surface area contributed by atoms with Gasteiger partial charge in [0.05, 0.1) is 29.3 Å². The quantitative estimate of drug-likeness (QED) is 0.584. The van der Waals surface area contributed by atoms with Gasteiger partial charge in [0, 0.05) is 13.1 Å². The summed E-state index contributed by atoms with van der Waals surface area (Å²) in [5.74, 6) is -1.72. The number of carboxylic acid groups (broad SMARTS) is 1. The first-order valence-corrected chi connectivity index (χ1v) is 12.3. The van der Waals surface area contributed by atoms with Crippen molar-refractivity contribution in [1.82, 2.24) is 4.98 Å². The maximum Gasteiger partial charge on any atom is 0.339 e. The van der Waals surface area contributed by atoms with Gasteiger partial charge >= 0.3 is 11.9 Å². The summed E-state index contributed by atoms with van der Waals surface area (Å²) in [7, 11) is -3.95. The van der Waals surface area contributed by atoms with E-state index < -0.39 is 16.0 Å². The summed E-state index contributed by atoms with van der Waals surface area (Å²) in [4.78, 5) is 30.2. The SMILES string of the molecule is CCOC(=O)[C@H]1CCCN(c2ncc(NS(=O)(=O)c3cc(C)c(C)cc3C)cc2C(=O)O)C1. The zero-order valence-electron chi connectivity index (χ0n) is 19.2. The van der Waals surface area contributed by atoms with Crippen molar-refractivity contribution >= 4 is 33.5 Å². The van der Waals surface area contributed by atoms with Crippen molar-refractivity contribution in [1.29, 1.82) is 0 Å². The number of carboxylic acids is 1. The first-order valence-electron chi connectivity index (χ1n) is 10.8. The predicted octanol–water partition coefficient (Wildman–Crippen LogP) is 3.29. The molecule has 2 N–H and O–H groups in total. The number of carbonyl (C=O) groups is 2. The molecule has 178 valence electrons. The minimum Gasteiger partial charge on any atom is -0.478 e. The highest BCUT2D eigenvalue weighted by Gasteiger charge is 2.30. The summed E-state index contributed by atoms with van der Waals surface area (Å²) in [6.45, 7) is 8.29. The maximum absolute atomic E-state index is 13.0. The second kappa shape index (κ2) is 9.78. The third kappa shape index (κ3) is 5.44. The monoisotopic (exact) mass is 475 g/mol. The number of rotatable bonds is 7. The van der Waals surface area contributed by atoms with E-state index in [1.807, 2.05) is 13.8 Å². The van der Waals surface area contributed by atoms with Crippen molar-refractivity contribution in [2.45, 2.75) is 45.4 Å². The minimum atomic E-state index is -3.95. The van der Waals surface area contributed by atoms with Crippen LogP contribution in [0.2, 0.25) is 0 Å². The fourth-order valence-electron chi connectivity index (χ4n) is 3.98. The largest absolute Gasteiger partial charge is 0.478 e. The van der Waals surface area contributed by atoms with Crippen molar-refractivity contribution in [2.75, 3.05) is 29.3 Å². The van der Waals surface area contributed by atoms with Crippen LogP contribution in [0.5, 0.6) is 0 Å². The number of nitrogens with zero attached hydrogens (tertiary/aromatic N) is 2. The highest BCUT2D eigenvalue weighted by Crippen LogP contribution is 2.29. The third-order valence-corrected chi connectivity index (χ3v) is 7.29. The van der Waals surface area contributed by atoms with Crippen molar-refractivity contribution in [3.63, 3.8) is 0 Å². The van der Waals surface area contributed by atoms with E-state index in [-0.39, 0.29) is 40.5 Å². The van der Waals surface area contributed by atoms with Crippen molar-refractivity contribution in [3.05, 3.63) is 46.6 Å². The molecule has 0 spiro atoms. The number of ether oxygens (including phenoxy) is 1. The van der Waals surface area contributed by atoms with E-state index >= 15 is 0 Å². The molecule has 33 heavy (non-hydrogen) atoms. The molecule has 1 aliphatic heterocycles. The van der Waals surface area contributed by atoms with Gasteiger partial charge in [-0.2, -0.15) is 0 Å². The van der Waals surface area contributed by atoms with E-state index in [1.165, 1.54) is 12.3 Å². The minimum absolute atomic E-state index is 0.0488. The molecule has 1 saturated heterocycles. The van der Waals surface area contributed by atoms with Gasteiger partial charge in [-0.25, -0.2) is 18.2 Å². The Labute approximate surface area is 193 Å². The Kier molecular flexibility index (Phi) is 7.26. The Bertz CT molecular complexity index is 1180. The molecule has 1 atom stereocenters. The summed E-state index contributed by atoms with van der Waals surface area (Å²) in [5, 5.41) is 9.77. The molecule has 0 saturated carbocycles. The van der Waals surface area contributed by atoms with E-state index in [0.717, 1.165) is 11.1 Å². The van der Waals surface area contributed by atoms with Gasteiger partial charge in [0.25, 0.3) is 10.0 Å². The summed E-state index contributed by atoms with van der Waals surface area (Å²) >= 11 is 0. The second-order valence-electron chi connectivity index (χ2n) is 8.24. The molecule has 2 aromatic rings. The lowest BCUT2D eigenvalue weighted by Crippen LogP contribution is -2.40. The number of nitrogens with one attached hydrogen (secondary N) is 1. The highest BCUT2D eigenvalue weighted by atomic mass is 32.2. The summed E-state index contributed by atoms with van der Waals surface area (Å²) in [5.41, 5.74) is 2.31. The Hall–Kier alpha value is -3.14. The zero-order valence-corrected chi connectivity index (χ0v) is 20.0. The topological polar surface area (TPSA) is 126 Å². The number of aryl methyl sites for hydroxylation is 3. The van der Waals surface area contributed by atoms with Gasteiger partial charge in [0.1, 0.15) is 11.4 Å². The fraction of sp³-hybridized carbons (Fsp3) is 0.435. The molecule has 0 bridgehead atoms. The van der Waals surface area contributed by atoms with Gasteiger partial charge < -0.3 is 14.7 Å². The number of aromatic nitrogens is 1. The number of aromatic carboxylic acids is 1. The number of sulfonamides is 1. The fourth-order valence-corrected chi connectivity index (χ4v) is 5.33. The number of esters is 1. The van der Waals surface area contributed by atoms with Crippen LogP contribution in [-0.2, 0) is 19.6 Å². The van der Waals surface area contributed by atoms with Crippen LogP contribution in [-0.4, -0.2) is 50.1 Å². The van der Waals surface area contributed by atoms with Gasteiger partial charge in [-0.1, -0.05) is 6.07 Å². The molecule has 1 aromatic carbocycles. The van der Waals surface area contributed by atoms with Crippen LogP contribution in [0.15, 0.2) is 29.3 Å². The first-order chi connectivity index (χ1) is 15.5. The van der Waals surface area contributed by atoms with Crippen LogP contribution >= 0.6 is 0 Å². The van der Waals surface area contributed by atoms with E-state index in [0.29, 0.717) is 31.5 Å². The molecule has 2 heterocycles. The molecule has 1 aliphatic rings. The lowest BCUT2D eigenvalue weighted by molar-refractivity contribution is -0.148. The highest BCUT2D eigenvalue weighted by molar-refractivity contribution is 7.92. The Morgan fingerprint density at radius 2 is 1.88 bits per heavy atom. The third-order valence-electron chi connectivity index (χ3n) is 5.77. The summed E-state index contributed by atoms with van der Waals surface area (Å²) < 4.78 is 33.5. The van der Waals surface area contributed by atoms with Gasteiger partial charge in [-0.05, 0) is 69.4 Å². The smallest absolute Gasteiger partial charge is 0.339 e. The van der Waals surface area contributed by atoms with Gasteiger partial charge in [-0.15, -0.1) is 0 Å². The molecular formula is C23H29N3O6S. The first kappa shape index (κ1) is 24.5. The Morgan fingerprint density at radius 3 is 2.55 bits per heavy atom. The van der Waals surface area contributed by atoms with E-state index in [9.17, 15) is 23.1 Å². The van der Waals surface area contributed by atoms with E-state index in [2.05, 4.69) is 9.71 Å². The van der Waals surface area contributed by atoms with Crippen LogP contribution in [0.25, 0.3) is 0 Å². The van der Waals surface area contributed by atoms with Crippen LogP contribution < -0.4 is 9.62 Å². The number of piperidine rings is 1. The molecular weight excluding hydrogens is 446 g/mol. The number of benzene rings is 1. The Balaban J connectivity index is 1.90. The number of hydrogen-bond donors (Lipinski definition) is 2. The average Bonchev–Trinajstić information content (AvgIpc) is 2.76. The standard InChI is InChI=1S/C23H29N3O6S/c1-5-32-23(29)17-7-6-8-26(13-17)21-19(22(27)28)11-18(12-24-21)25-33(30,31)20-10-15(3)14(2)9-16(20)4/h9-12,17,25H,5-8,13H2,1-4H3,(H,27,28)/t17-/m0/s1. The summed E-state index contributed by atoms with van der Waals surface area (Å²) in [6, 6.07) is 4.65. The number of hydrogen-bond acceptors (Lipinski definition) is 7. The molecule has 1 aromatic heterocycles. The van der Waals surface area contributed by atoms with Crippen molar-refractivity contribution in [2.24, 2.45) is 5.92 Å². The van der Waals surface area contributed by atoms with Crippen LogP contribution in [0.1, 0.15) is 46.8 Å². The van der Waals surface area contributed by atoms with E-state index in [1.54, 1.807) is 30.9 Å². The molecule has 0 unspecified atom stereocenters. The normalized spacial score (nSPS) is 16.4. The number of anilines is 2. The average molecular weight is 476 g/mol. The lowest BCUT2D eigenvalue weighted by Gasteiger charge is -2.33. The molecule has 3 rings (SSSR count). The zero-order chi connectivity index (χ0) is 24.3. The Morgan fingerprint density at radius 1 is 1.18 bits per heavy atom. The van der Waals surface area contributed by atoms with Crippen molar-refractivity contribution in [3.8, 4) is 0 Å². The molecule has 0 aliphatic carbocycles. The molecule has 0 amide bonds. The molecule has 9 nitrogen and oxygen atoms in total. The van der Waals surface area contributed by atoms with Gasteiger partial charge in [0.2, 0.25) is 0 Å². The van der Waals surface area contributed by atoms with Gasteiger partial charge in [-0.3, -0.25) is 9.52 Å². The van der Waals surface area contributed by atoms with Crippen molar-refractivity contribution < 1.29 is 27.9 Å². The molecule has 1 fully saturated rings. The number of pyridine rings is 1. The van der Waals surface area contributed by atoms with Crippen LogP contribution in [0, 0.1) is 26.7 Å².